The molecule has 4 atom stereocenters. The van der Waals surface area contributed by atoms with E-state index in [-0.39, 0.29) is 11.1 Å². The SMILES string of the molecule is CC1(C)O[C@H]2OC(c3cc4cccc(O)c4c(=O)o3)[C@H](OCc3ccccc3)[C@H]2O1. The van der Waals surface area contributed by atoms with Crippen LogP contribution in [0, 0.1) is 0 Å². The largest absolute Gasteiger partial charge is 0.507 e. The molecular formula is C23H22O7. The second-order valence-electron chi connectivity index (χ2n) is 7.96. The Balaban J connectivity index is 1.50. The summed E-state index contributed by atoms with van der Waals surface area (Å²) in [6, 6.07) is 16.3. The van der Waals surface area contributed by atoms with Gasteiger partial charge < -0.3 is 28.5 Å². The van der Waals surface area contributed by atoms with Crippen LogP contribution in [-0.4, -0.2) is 29.4 Å². The average molecular weight is 410 g/mol. The van der Waals surface area contributed by atoms with Gasteiger partial charge in [-0.3, -0.25) is 0 Å². The van der Waals surface area contributed by atoms with E-state index in [1.807, 2.05) is 44.2 Å². The van der Waals surface area contributed by atoms with Crippen LogP contribution < -0.4 is 5.63 Å². The Hall–Kier alpha value is -2.71. The summed E-state index contributed by atoms with van der Waals surface area (Å²) in [5.74, 6) is -0.622. The molecule has 0 spiro atoms. The van der Waals surface area contributed by atoms with Crippen LogP contribution in [-0.2, 0) is 25.6 Å². The van der Waals surface area contributed by atoms with Crippen LogP contribution in [0.5, 0.6) is 5.75 Å². The summed E-state index contributed by atoms with van der Waals surface area (Å²) in [6.07, 6.45) is -2.36. The van der Waals surface area contributed by atoms with Crippen molar-refractivity contribution in [3.63, 3.8) is 0 Å². The number of hydrogen-bond donors (Lipinski definition) is 1. The molecule has 1 aromatic heterocycles. The van der Waals surface area contributed by atoms with E-state index >= 15 is 0 Å². The van der Waals surface area contributed by atoms with Crippen molar-refractivity contribution in [3.05, 3.63) is 76.3 Å². The third-order valence-electron chi connectivity index (χ3n) is 5.34. The van der Waals surface area contributed by atoms with Gasteiger partial charge in [0, 0.05) is 0 Å². The van der Waals surface area contributed by atoms with Gasteiger partial charge in [-0.05, 0) is 36.9 Å². The third-order valence-corrected chi connectivity index (χ3v) is 5.34. The van der Waals surface area contributed by atoms with Crippen LogP contribution >= 0.6 is 0 Å². The second kappa shape index (κ2) is 7.21. The molecule has 3 aromatic rings. The third kappa shape index (κ3) is 3.40. The zero-order chi connectivity index (χ0) is 20.9. The van der Waals surface area contributed by atoms with Crippen molar-refractivity contribution in [1.82, 2.24) is 0 Å². The van der Waals surface area contributed by atoms with Gasteiger partial charge in [0.15, 0.2) is 12.1 Å². The summed E-state index contributed by atoms with van der Waals surface area (Å²) < 4.78 is 29.7. The minimum absolute atomic E-state index is 0.123. The smallest absolute Gasteiger partial charge is 0.347 e. The van der Waals surface area contributed by atoms with Gasteiger partial charge in [-0.2, -0.15) is 0 Å². The molecular weight excluding hydrogens is 388 g/mol. The molecule has 1 unspecified atom stereocenters. The van der Waals surface area contributed by atoms with E-state index in [1.54, 1.807) is 18.2 Å². The molecule has 2 saturated heterocycles. The van der Waals surface area contributed by atoms with E-state index < -0.39 is 36.0 Å². The number of phenolic OH excluding ortho intramolecular Hbond substituents is 1. The zero-order valence-corrected chi connectivity index (χ0v) is 16.6. The van der Waals surface area contributed by atoms with Crippen molar-refractivity contribution in [3.8, 4) is 5.75 Å². The fraction of sp³-hybridized carbons (Fsp3) is 0.348. The molecule has 2 aromatic carbocycles. The van der Waals surface area contributed by atoms with Gasteiger partial charge in [-0.25, -0.2) is 4.79 Å². The topological polar surface area (TPSA) is 87.4 Å². The number of phenols is 1. The van der Waals surface area contributed by atoms with Gasteiger partial charge >= 0.3 is 5.63 Å². The van der Waals surface area contributed by atoms with Gasteiger partial charge in [0.2, 0.25) is 0 Å². The molecule has 7 heteroatoms. The lowest BCUT2D eigenvalue weighted by molar-refractivity contribution is -0.222. The highest BCUT2D eigenvalue weighted by atomic mass is 16.8. The van der Waals surface area contributed by atoms with Crippen molar-refractivity contribution in [2.24, 2.45) is 0 Å². The van der Waals surface area contributed by atoms with E-state index in [9.17, 15) is 9.90 Å². The van der Waals surface area contributed by atoms with Gasteiger partial charge in [0.1, 0.15) is 35.2 Å². The maximum Gasteiger partial charge on any atom is 0.347 e. The normalized spacial score (nSPS) is 27.4. The lowest BCUT2D eigenvalue weighted by Crippen LogP contribution is -2.33. The summed E-state index contributed by atoms with van der Waals surface area (Å²) in [5, 5.41) is 10.7. The number of fused-ring (bicyclic) bond motifs is 2. The van der Waals surface area contributed by atoms with Crippen LogP contribution in [0.3, 0.4) is 0 Å². The molecule has 3 heterocycles. The first-order chi connectivity index (χ1) is 14.4. The number of benzene rings is 2. The Kier molecular flexibility index (Phi) is 4.63. The quantitative estimate of drug-likeness (QED) is 0.703. The van der Waals surface area contributed by atoms with E-state index in [4.69, 9.17) is 23.4 Å². The Morgan fingerprint density at radius 2 is 1.87 bits per heavy atom. The zero-order valence-electron chi connectivity index (χ0n) is 16.6. The molecule has 0 bridgehead atoms. The molecule has 30 heavy (non-hydrogen) atoms. The molecule has 7 nitrogen and oxygen atoms in total. The Morgan fingerprint density at radius 1 is 1.07 bits per heavy atom. The maximum atomic E-state index is 12.5. The molecule has 5 rings (SSSR count). The molecule has 2 aliphatic heterocycles. The van der Waals surface area contributed by atoms with Crippen LogP contribution in [0.15, 0.2) is 63.8 Å². The summed E-state index contributed by atoms with van der Waals surface area (Å²) in [6.45, 7) is 3.98. The van der Waals surface area contributed by atoms with E-state index in [0.717, 1.165) is 5.56 Å². The van der Waals surface area contributed by atoms with Crippen molar-refractivity contribution in [2.75, 3.05) is 0 Å². The van der Waals surface area contributed by atoms with E-state index in [2.05, 4.69) is 0 Å². The van der Waals surface area contributed by atoms with Crippen molar-refractivity contribution >= 4 is 10.8 Å². The first kappa shape index (κ1) is 19.3. The fourth-order valence-corrected chi connectivity index (χ4v) is 4.04. The van der Waals surface area contributed by atoms with Crippen molar-refractivity contribution in [2.45, 2.75) is 50.8 Å². The molecule has 0 saturated carbocycles. The highest BCUT2D eigenvalue weighted by Crippen LogP contribution is 2.45. The maximum absolute atomic E-state index is 12.5. The van der Waals surface area contributed by atoms with Crippen LogP contribution in [0.25, 0.3) is 10.8 Å². The van der Waals surface area contributed by atoms with Gasteiger partial charge in [0.25, 0.3) is 0 Å². The molecule has 156 valence electrons. The average Bonchev–Trinajstić information content (AvgIpc) is 3.18. The van der Waals surface area contributed by atoms with Crippen LogP contribution in [0.4, 0.5) is 0 Å². The molecule has 2 aliphatic rings. The minimum Gasteiger partial charge on any atom is -0.507 e. The highest BCUT2D eigenvalue weighted by Gasteiger charge is 2.56. The molecule has 0 amide bonds. The van der Waals surface area contributed by atoms with Crippen molar-refractivity contribution in [1.29, 1.82) is 0 Å². The van der Waals surface area contributed by atoms with Gasteiger partial charge in [-0.15, -0.1) is 0 Å². The molecule has 1 N–H and O–H groups in total. The second-order valence-corrected chi connectivity index (χ2v) is 7.96. The lowest BCUT2D eigenvalue weighted by Gasteiger charge is -2.25. The number of rotatable bonds is 4. The molecule has 0 radical (unpaired) electrons. The van der Waals surface area contributed by atoms with E-state index in [0.29, 0.717) is 17.8 Å². The summed E-state index contributed by atoms with van der Waals surface area (Å²) in [5.41, 5.74) is 0.369. The monoisotopic (exact) mass is 410 g/mol. The van der Waals surface area contributed by atoms with Crippen molar-refractivity contribution < 1.29 is 28.5 Å². The predicted molar refractivity (Wildman–Crippen MR) is 107 cm³/mol. The number of ether oxygens (including phenoxy) is 4. The summed E-state index contributed by atoms with van der Waals surface area (Å²) in [4.78, 5) is 12.5. The first-order valence-corrected chi connectivity index (χ1v) is 9.84. The number of hydrogen-bond acceptors (Lipinski definition) is 7. The highest BCUT2D eigenvalue weighted by molar-refractivity contribution is 5.86. The fourth-order valence-electron chi connectivity index (χ4n) is 4.04. The molecule has 0 aliphatic carbocycles. The first-order valence-electron chi connectivity index (χ1n) is 9.84. The molecule has 2 fully saturated rings. The van der Waals surface area contributed by atoms with E-state index in [1.165, 1.54) is 6.07 Å². The van der Waals surface area contributed by atoms with Crippen LogP contribution in [0.1, 0.15) is 31.3 Å². The number of aromatic hydroxyl groups is 1. The predicted octanol–water partition coefficient (Wildman–Crippen LogP) is 3.63. The standard InChI is InChI=1S/C23H22O7/c1-23(2)29-20-19(26-12-13-7-4-3-5-8-13)18(28-22(20)30-23)16-11-14-9-6-10-15(24)17(14)21(25)27-16/h3-11,18-20,22,24H,12H2,1-2H3/t18?,19-,20+,22+/m0/s1. The minimum atomic E-state index is -0.801. The van der Waals surface area contributed by atoms with Gasteiger partial charge in [0.05, 0.1) is 6.61 Å². The Morgan fingerprint density at radius 3 is 2.67 bits per heavy atom. The summed E-state index contributed by atoms with van der Waals surface area (Å²) >= 11 is 0. The Bertz CT molecular complexity index is 1120. The van der Waals surface area contributed by atoms with Crippen LogP contribution in [0.2, 0.25) is 0 Å². The summed E-state index contributed by atoms with van der Waals surface area (Å²) in [7, 11) is 0. The lowest BCUT2D eigenvalue weighted by atomic mass is 10.1. The van der Waals surface area contributed by atoms with Gasteiger partial charge in [-0.1, -0.05) is 42.5 Å². The Labute approximate surface area is 172 Å².